The van der Waals surface area contributed by atoms with Gasteiger partial charge in [0.25, 0.3) is 5.56 Å². The highest BCUT2D eigenvalue weighted by Crippen LogP contribution is 2.67. The van der Waals surface area contributed by atoms with Crippen molar-refractivity contribution in [2.45, 2.75) is 44.9 Å². The molecule has 1 unspecified atom stereocenters. The van der Waals surface area contributed by atoms with Crippen LogP contribution >= 0.6 is 0 Å². The molecule has 3 aromatic rings. The fourth-order valence-electron chi connectivity index (χ4n) is 5.82. The van der Waals surface area contributed by atoms with E-state index in [1.807, 2.05) is 13.0 Å². The van der Waals surface area contributed by atoms with Crippen LogP contribution in [0.15, 0.2) is 41.3 Å². The molecule has 2 aliphatic rings. The van der Waals surface area contributed by atoms with Crippen molar-refractivity contribution in [2.24, 2.45) is 5.41 Å². The van der Waals surface area contributed by atoms with Gasteiger partial charge in [-0.1, -0.05) is 19.9 Å². The molecule has 0 radical (unpaired) electrons. The Morgan fingerprint density at radius 3 is 2.62 bits per heavy atom. The van der Waals surface area contributed by atoms with Gasteiger partial charge in [0.05, 0.1) is 17.0 Å². The molecule has 1 saturated carbocycles. The molecule has 2 aromatic heterocycles. The van der Waals surface area contributed by atoms with Crippen molar-refractivity contribution in [3.63, 3.8) is 0 Å². The minimum atomic E-state index is -0.646. The Labute approximate surface area is 184 Å². The average molecular weight is 437 g/mol. The van der Waals surface area contributed by atoms with E-state index >= 15 is 0 Å². The number of benzene rings is 1. The van der Waals surface area contributed by atoms with Gasteiger partial charge in [-0.25, -0.2) is 13.8 Å². The summed E-state index contributed by atoms with van der Waals surface area (Å²) >= 11 is 0. The largest absolute Gasteiger partial charge is 0.342 e. The zero-order valence-electron chi connectivity index (χ0n) is 18.3. The van der Waals surface area contributed by atoms with Crippen LogP contribution in [0.3, 0.4) is 0 Å². The van der Waals surface area contributed by atoms with Crippen molar-refractivity contribution in [3.05, 3.63) is 69.8 Å². The molecule has 5 rings (SSSR count). The van der Waals surface area contributed by atoms with Gasteiger partial charge in [-0.05, 0) is 54.9 Å². The lowest BCUT2D eigenvalue weighted by molar-refractivity contribution is 0.208. The van der Waals surface area contributed by atoms with E-state index in [0.717, 1.165) is 24.1 Å². The Kier molecular flexibility index (Phi) is 4.65. The third-order valence-electron chi connectivity index (χ3n) is 7.64. The van der Waals surface area contributed by atoms with Gasteiger partial charge in [-0.3, -0.25) is 9.78 Å². The molecule has 6 nitrogen and oxygen atoms in total. The molecule has 2 atom stereocenters. The highest BCUT2D eigenvalue weighted by molar-refractivity contribution is 5.63. The van der Waals surface area contributed by atoms with Crippen molar-refractivity contribution >= 4 is 5.95 Å². The molecule has 0 aliphatic heterocycles. The van der Waals surface area contributed by atoms with Crippen LogP contribution in [-0.4, -0.2) is 33.3 Å². The second-order valence-electron chi connectivity index (χ2n) is 9.30. The quantitative estimate of drug-likeness (QED) is 0.648. The number of H-pyrrole nitrogens is 1. The first kappa shape index (κ1) is 20.7. The fourth-order valence-corrected chi connectivity index (χ4v) is 5.82. The van der Waals surface area contributed by atoms with Crippen LogP contribution in [0.4, 0.5) is 14.7 Å². The summed E-state index contributed by atoms with van der Waals surface area (Å²) in [6, 6.07) is 7.02. The van der Waals surface area contributed by atoms with Gasteiger partial charge in [0, 0.05) is 30.8 Å². The lowest BCUT2D eigenvalue weighted by atomic mass is 9.68. The van der Waals surface area contributed by atoms with Gasteiger partial charge in [-0.2, -0.15) is 10.2 Å². The van der Waals surface area contributed by atoms with E-state index in [9.17, 15) is 13.6 Å². The highest BCUT2D eigenvalue weighted by atomic mass is 19.1. The van der Waals surface area contributed by atoms with Crippen LogP contribution in [0.1, 0.15) is 50.8 Å². The zero-order chi connectivity index (χ0) is 22.7. The average Bonchev–Trinajstić information content (AvgIpc) is 3.12. The van der Waals surface area contributed by atoms with E-state index in [1.54, 1.807) is 0 Å². The number of likely N-dealkylation sites (N-methyl/N-ethyl adjacent to an activating group) is 1. The van der Waals surface area contributed by atoms with Crippen LogP contribution in [-0.2, 0) is 5.41 Å². The van der Waals surface area contributed by atoms with Gasteiger partial charge < -0.3 is 4.90 Å². The maximum Gasteiger partial charge on any atom is 0.252 e. The molecule has 32 heavy (non-hydrogen) atoms. The minimum absolute atomic E-state index is 0.140. The minimum Gasteiger partial charge on any atom is -0.342 e. The summed E-state index contributed by atoms with van der Waals surface area (Å²) in [6.45, 7) is 7.76. The standard InChI is InChI=1S/C24H25F2N5O/c1-4-31(22-27-11-9-19(32)28-22)13-24-10-8-15(23(24,2)3)14-12-18(29-30-21(14)24)20-16(25)6-5-7-17(20)26/h5-7,9,11-12,15H,4,8,10,13H2,1-3H3,(H,27,28,32)/t15-,24?/m0/s1. The number of nitrogens with zero attached hydrogens (tertiary/aromatic N) is 4. The summed E-state index contributed by atoms with van der Waals surface area (Å²) in [6.07, 6.45) is 3.39. The first-order chi connectivity index (χ1) is 15.3. The monoisotopic (exact) mass is 437 g/mol. The lowest BCUT2D eigenvalue weighted by Gasteiger charge is -2.41. The number of anilines is 1. The van der Waals surface area contributed by atoms with Crippen LogP contribution in [0.5, 0.6) is 0 Å². The summed E-state index contributed by atoms with van der Waals surface area (Å²) in [7, 11) is 0. The first-order valence-corrected chi connectivity index (χ1v) is 10.9. The van der Waals surface area contributed by atoms with Crippen molar-refractivity contribution in [2.75, 3.05) is 18.0 Å². The second kappa shape index (κ2) is 7.18. The van der Waals surface area contributed by atoms with Crippen LogP contribution in [0.2, 0.25) is 0 Å². The van der Waals surface area contributed by atoms with Crippen LogP contribution in [0.25, 0.3) is 11.3 Å². The summed E-state index contributed by atoms with van der Waals surface area (Å²) < 4.78 is 28.8. The predicted molar refractivity (Wildman–Crippen MR) is 118 cm³/mol. The third-order valence-corrected chi connectivity index (χ3v) is 7.64. The molecule has 0 amide bonds. The molecular formula is C24H25F2N5O. The number of fused-ring (bicyclic) bond motifs is 5. The molecule has 1 aromatic carbocycles. The van der Waals surface area contributed by atoms with E-state index in [0.29, 0.717) is 19.0 Å². The topological polar surface area (TPSA) is 74.8 Å². The summed E-state index contributed by atoms with van der Waals surface area (Å²) in [4.78, 5) is 21.1. The molecule has 2 aliphatic carbocycles. The molecule has 166 valence electrons. The van der Waals surface area contributed by atoms with E-state index in [1.165, 1.54) is 30.5 Å². The zero-order valence-corrected chi connectivity index (χ0v) is 18.3. The molecule has 0 saturated heterocycles. The smallest absolute Gasteiger partial charge is 0.252 e. The van der Waals surface area contributed by atoms with Crippen molar-refractivity contribution in [1.82, 2.24) is 20.2 Å². The van der Waals surface area contributed by atoms with E-state index < -0.39 is 11.6 Å². The number of hydrogen-bond acceptors (Lipinski definition) is 5. The predicted octanol–water partition coefficient (Wildman–Crippen LogP) is 4.19. The molecule has 2 heterocycles. The Morgan fingerprint density at radius 2 is 1.94 bits per heavy atom. The van der Waals surface area contributed by atoms with Crippen molar-refractivity contribution in [3.8, 4) is 11.3 Å². The molecule has 2 bridgehead atoms. The maximum atomic E-state index is 14.4. The Balaban J connectivity index is 1.60. The summed E-state index contributed by atoms with van der Waals surface area (Å²) in [5, 5.41) is 8.83. The first-order valence-electron chi connectivity index (χ1n) is 10.9. The van der Waals surface area contributed by atoms with Gasteiger partial charge in [0.15, 0.2) is 0 Å². The highest BCUT2D eigenvalue weighted by Gasteiger charge is 2.63. The maximum absolute atomic E-state index is 14.4. The number of aromatic amines is 1. The second-order valence-corrected chi connectivity index (χ2v) is 9.30. The van der Waals surface area contributed by atoms with Gasteiger partial charge in [-0.15, -0.1) is 0 Å². The molecule has 8 heteroatoms. The van der Waals surface area contributed by atoms with Gasteiger partial charge in [0.1, 0.15) is 11.6 Å². The summed E-state index contributed by atoms with van der Waals surface area (Å²) in [5.74, 6) is -0.552. The van der Waals surface area contributed by atoms with Gasteiger partial charge in [0.2, 0.25) is 5.95 Å². The number of rotatable bonds is 5. The van der Waals surface area contributed by atoms with E-state index in [4.69, 9.17) is 0 Å². The van der Waals surface area contributed by atoms with Crippen molar-refractivity contribution < 1.29 is 8.78 Å². The number of nitrogens with one attached hydrogen (secondary N) is 1. The molecule has 1 fully saturated rings. The van der Waals surface area contributed by atoms with Crippen LogP contribution in [0, 0.1) is 17.0 Å². The van der Waals surface area contributed by atoms with E-state index in [2.05, 4.69) is 38.9 Å². The third kappa shape index (κ3) is 2.81. The lowest BCUT2D eigenvalue weighted by Crippen LogP contribution is -2.47. The van der Waals surface area contributed by atoms with Crippen molar-refractivity contribution in [1.29, 1.82) is 0 Å². The van der Waals surface area contributed by atoms with Gasteiger partial charge >= 0.3 is 0 Å². The Hall–Kier alpha value is -3.16. The van der Waals surface area contributed by atoms with E-state index in [-0.39, 0.29) is 33.6 Å². The molecular weight excluding hydrogens is 412 g/mol. The number of aromatic nitrogens is 4. The number of halogens is 2. The summed E-state index contributed by atoms with van der Waals surface area (Å²) in [5.41, 5.74) is 1.33. The Bertz CT molecular complexity index is 1240. The molecule has 0 spiro atoms. The normalized spacial score (nSPS) is 22.7. The van der Waals surface area contributed by atoms with Crippen LogP contribution < -0.4 is 10.5 Å². The number of hydrogen-bond donors (Lipinski definition) is 1. The molecule has 1 N–H and O–H groups in total. The SMILES string of the molecule is CCN(CC12CC[C@@H](c3cc(-c4c(F)cccc4F)nnc31)C2(C)C)c1nccc(=O)[nH]1. The fraction of sp³-hybridized carbons (Fsp3) is 0.417. The Morgan fingerprint density at radius 1 is 1.19 bits per heavy atom.